The molecule has 7 heteroatoms. The van der Waals surface area contributed by atoms with Crippen LogP contribution in [-0.4, -0.2) is 45.8 Å². The van der Waals surface area contributed by atoms with E-state index in [9.17, 15) is 0 Å². The Morgan fingerprint density at radius 3 is 2.62 bits per heavy atom. The van der Waals surface area contributed by atoms with E-state index >= 15 is 0 Å². The molecule has 1 aromatic carbocycles. The van der Waals surface area contributed by atoms with Gasteiger partial charge in [0.15, 0.2) is 10.9 Å². The number of fused-ring (bicyclic) bond motifs is 2. The summed E-state index contributed by atoms with van der Waals surface area (Å²) < 4.78 is 3.13. The molecule has 0 spiro atoms. The van der Waals surface area contributed by atoms with Gasteiger partial charge in [-0.25, -0.2) is 14.5 Å². The molecule has 0 amide bonds. The second-order valence-corrected chi connectivity index (χ2v) is 6.86. The van der Waals surface area contributed by atoms with Crippen molar-refractivity contribution in [3.8, 4) is 0 Å². The van der Waals surface area contributed by atoms with Gasteiger partial charge < -0.3 is 9.80 Å². The molecule has 1 fully saturated rings. The van der Waals surface area contributed by atoms with Gasteiger partial charge in [-0.15, -0.1) is 0 Å². The summed E-state index contributed by atoms with van der Waals surface area (Å²) in [5, 5.41) is 5.41. The Hall–Kier alpha value is -2.67. The maximum Gasteiger partial charge on any atom is 0.186 e. The average molecular weight is 336 g/mol. The molecule has 3 aromatic heterocycles. The van der Waals surface area contributed by atoms with Crippen LogP contribution in [0.5, 0.6) is 0 Å². The number of hydrogen-bond donors (Lipinski definition) is 0. The minimum atomic E-state index is 0.938. The number of anilines is 2. The van der Waals surface area contributed by atoms with Gasteiger partial charge in [-0.3, -0.25) is 0 Å². The minimum absolute atomic E-state index is 0.938. The van der Waals surface area contributed by atoms with Gasteiger partial charge in [0.05, 0.1) is 16.4 Å². The van der Waals surface area contributed by atoms with Gasteiger partial charge in [-0.2, -0.15) is 5.10 Å². The highest BCUT2D eigenvalue weighted by atomic mass is 32.1. The number of aromatic nitrogens is 4. The fourth-order valence-corrected chi connectivity index (χ4v) is 4.21. The Morgan fingerprint density at radius 2 is 1.75 bits per heavy atom. The van der Waals surface area contributed by atoms with Gasteiger partial charge in [0.1, 0.15) is 5.52 Å². The van der Waals surface area contributed by atoms with Crippen LogP contribution in [0.15, 0.2) is 48.9 Å². The molecule has 0 atom stereocenters. The van der Waals surface area contributed by atoms with Gasteiger partial charge in [0, 0.05) is 38.6 Å². The molecule has 0 saturated carbocycles. The summed E-state index contributed by atoms with van der Waals surface area (Å²) >= 11 is 1.77. The van der Waals surface area contributed by atoms with Gasteiger partial charge in [-0.1, -0.05) is 23.5 Å². The first-order valence-electron chi connectivity index (χ1n) is 8.02. The molecule has 5 rings (SSSR count). The SMILES string of the molecule is c1ccc2sc(N3CCN(c4nccn5nccc45)CC3)nc2c1. The Kier molecular flexibility index (Phi) is 3.12. The largest absolute Gasteiger partial charge is 0.351 e. The lowest BCUT2D eigenvalue weighted by atomic mass is 10.3. The monoisotopic (exact) mass is 336 g/mol. The zero-order valence-electron chi connectivity index (χ0n) is 13.0. The number of piperazine rings is 1. The molecule has 4 heterocycles. The molecule has 4 aromatic rings. The van der Waals surface area contributed by atoms with Crippen LogP contribution in [0.4, 0.5) is 10.9 Å². The van der Waals surface area contributed by atoms with Crippen LogP contribution in [0.1, 0.15) is 0 Å². The van der Waals surface area contributed by atoms with E-state index in [0.29, 0.717) is 0 Å². The maximum absolute atomic E-state index is 4.77. The average Bonchev–Trinajstić information content (AvgIpc) is 3.28. The number of hydrogen-bond acceptors (Lipinski definition) is 6. The number of para-hydroxylation sites is 1. The van der Waals surface area contributed by atoms with Crippen molar-refractivity contribution in [1.29, 1.82) is 0 Å². The second kappa shape index (κ2) is 5.45. The van der Waals surface area contributed by atoms with Gasteiger partial charge in [-0.05, 0) is 18.2 Å². The van der Waals surface area contributed by atoms with E-state index < -0.39 is 0 Å². The molecule has 0 aliphatic carbocycles. The van der Waals surface area contributed by atoms with Crippen molar-refractivity contribution >= 4 is 38.0 Å². The van der Waals surface area contributed by atoms with E-state index in [0.717, 1.165) is 48.2 Å². The predicted octanol–water partition coefficient (Wildman–Crippen LogP) is 2.67. The smallest absolute Gasteiger partial charge is 0.186 e. The predicted molar refractivity (Wildman–Crippen MR) is 97.0 cm³/mol. The van der Waals surface area contributed by atoms with Gasteiger partial charge in [0.2, 0.25) is 0 Å². The molecular weight excluding hydrogens is 320 g/mol. The van der Waals surface area contributed by atoms with Crippen molar-refractivity contribution in [3.05, 3.63) is 48.9 Å². The third kappa shape index (κ3) is 2.20. The molecule has 0 unspecified atom stereocenters. The van der Waals surface area contributed by atoms with Crippen LogP contribution < -0.4 is 9.80 Å². The fourth-order valence-electron chi connectivity index (χ4n) is 3.19. The molecule has 1 aliphatic rings. The highest BCUT2D eigenvalue weighted by Crippen LogP contribution is 2.30. The summed E-state index contributed by atoms with van der Waals surface area (Å²) in [6.45, 7) is 3.79. The van der Waals surface area contributed by atoms with E-state index in [-0.39, 0.29) is 0 Å². The zero-order chi connectivity index (χ0) is 15.9. The number of benzene rings is 1. The third-order valence-corrected chi connectivity index (χ3v) is 5.53. The summed E-state index contributed by atoms with van der Waals surface area (Å²) in [6, 6.07) is 10.3. The van der Waals surface area contributed by atoms with E-state index in [4.69, 9.17) is 4.98 Å². The van der Waals surface area contributed by atoms with Crippen molar-refractivity contribution in [3.63, 3.8) is 0 Å². The van der Waals surface area contributed by atoms with Crippen LogP contribution in [0.2, 0.25) is 0 Å². The Morgan fingerprint density at radius 1 is 0.917 bits per heavy atom. The van der Waals surface area contributed by atoms with Crippen LogP contribution in [-0.2, 0) is 0 Å². The van der Waals surface area contributed by atoms with E-state index in [1.165, 1.54) is 4.70 Å². The highest BCUT2D eigenvalue weighted by Gasteiger charge is 2.22. The van der Waals surface area contributed by atoms with Crippen molar-refractivity contribution in [2.24, 2.45) is 0 Å². The fraction of sp³-hybridized carbons (Fsp3) is 0.235. The Bertz CT molecular complexity index is 965. The molecule has 1 saturated heterocycles. The lowest BCUT2D eigenvalue weighted by Gasteiger charge is -2.35. The lowest BCUT2D eigenvalue weighted by molar-refractivity contribution is 0.646. The standard InChI is InChI=1S/C17H16N6S/c1-2-4-15-13(3-1)20-17(24-15)22-11-9-21(10-12-22)16-14-5-6-19-23(14)8-7-18-16/h1-8H,9-12H2. The van der Waals surface area contributed by atoms with Crippen LogP contribution >= 0.6 is 11.3 Å². The minimum Gasteiger partial charge on any atom is -0.351 e. The Labute approximate surface area is 143 Å². The van der Waals surface area contributed by atoms with Crippen LogP contribution in [0.3, 0.4) is 0 Å². The summed E-state index contributed by atoms with van der Waals surface area (Å²) in [5.41, 5.74) is 2.15. The van der Waals surface area contributed by atoms with Gasteiger partial charge >= 0.3 is 0 Å². The molecule has 6 nitrogen and oxygen atoms in total. The number of rotatable bonds is 2. The molecule has 0 bridgehead atoms. The first kappa shape index (κ1) is 13.7. The number of thiazole rings is 1. The van der Waals surface area contributed by atoms with E-state index in [1.54, 1.807) is 11.3 Å². The van der Waals surface area contributed by atoms with E-state index in [2.05, 4.69) is 38.1 Å². The zero-order valence-corrected chi connectivity index (χ0v) is 13.9. The van der Waals surface area contributed by atoms with Crippen molar-refractivity contribution in [2.75, 3.05) is 36.0 Å². The molecule has 1 aliphatic heterocycles. The van der Waals surface area contributed by atoms with Crippen molar-refractivity contribution < 1.29 is 0 Å². The lowest BCUT2D eigenvalue weighted by Crippen LogP contribution is -2.47. The van der Waals surface area contributed by atoms with E-state index in [1.807, 2.05) is 35.2 Å². The topological polar surface area (TPSA) is 49.6 Å². The molecule has 0 N–H and O–H groups in total. The molecule has 0 radical (unpaired) electrons. The maximum atomic E-state index is 4.77. The second-order valence-electron chi connectivity index (χ2n) is 5.85. The summed E-state index contributed by atoms with van der Waals surface area (Å²) in [6.07, 6.45) is 5.52. The normalized spacial score (nSPS) is 15.5. The molecule has 120 valence electrons. The van der Waals surface area contributed by atoms with Crippen molar-refractivity contribution in [2.45, 2.75) is 0 Å². The molecular formula is C17H16N6S. The van der Waals surface area contributed by atoms with Crippen molar-refractivity contribution in [1.82, 2.24) is 19.6 Å². The quantitative estimate of drug-likeness (QED) is 0.563. The highest BCUT2D eigenvalue weighted by molar-refractivity contribution is 7.22. The summed E-state index contributed by atoms with van der Waals surface area (Å²) in [4.78, 5) is 14.0. The van der Waals surface area contributed by atoms with Crippen LogP contribution in [0, 0.1) is 0 Å². The Balaban J connectivity index is 1.38. The first-order valence-corrected chi connectivity index (χ1v) is 8.84. The summed E-state index contributed by atoms with van der Waals surface area (Å²) in [7, 11) is 0. The van der Waals surface area contributed by atoms with Gasteiger partial charge in [0.25, 0.3) is 0 Å². The van der Waals surface area contributed by atoms with Crippen LogP contribution in [0.25, 0.3) is 15.7 Å². The molecule has 24 heavy (non-hydrogen) atoms. The third-order valence-electron chi connectivity index (χ3n) is 4.44. The summed E-state index contributed by atoms with van der Waals surface area (Å²) in [5.74, 6) is 1.01. The number of nitrogens with zero attached hydrogens (tertiary/aromatic N) is 6. The first-order chi connectivity index (χ1) is 11.9.